The van der Waals surface area contributed by atoms with Crippen LogP contribution in [0.25, 0.3) is 11.3 Å². The molecule has 0 unspecified atom stereocenters. The van der Waals surface area contributed by atoms with E-state index in [1.807, 2.05) is 6.07 Å². The summed E-state index contributed by atoms with van der Waals surface area (Å²) in [7, 11) is 0. The van der Waals surface area contributed by atoms with Crippen LogP contribution in [-0.4, -0.2) is 25.8 Å². The molecule has 2 heterocycles. The topological polar surface area (TPSA) is 68.0 Å². The SMILES string of the molecule is Cc1c(Cl)c(-c2cccnc2)nn1CC(=O)O. The molecular weight excluding hydrogens is 242 g/mol. The summed E-state index contributed by atoms with van der Waals surface area (Å²) in [6, 6.07) is 3.60. The van der Waals surface area contributed by atoms with Crippen LogP contribution in [0.1, 0.15) is 5.69 Å². The molecule has 0 fully saturated rings. The molecule has 0 aliphatic heterocycles. The number of nitrogens with zero attached hydrogens (tertiary/aromatic N) is 3. The Balaban J connectivity index is 2.46. The maximum absolute atomic E-state index is 10.7. The molecule has 0 spiro atoms. The predicted molar refractivity (Wildman–Crippen MR) is 62.8 cm³/mol. The van der Waals surface area contributed by atoms with Gasteiger partial charge in [0.25, 0.3) is 0 Å². The van der Waals surface area contributed by atoms with E-state index in [9.17, 15) is 4.79 Å². The number of halogens is 1. The zero-order chi connectivity index (χ0) is 12.4. The lowest BCUT2D eigenvalue weighted by molar-refractivity contribution is -0.137. The Hall–Kier alpha value is -1.88. The van der Waals surface area contributed by atoms with Crippen molar-refractivity contribution in [2.75, 3.05) is 0 Å². The molecule has 6 heteroatoms. The van der Waals surface area contributed by atoms with Gasteiger partial charge in [-0.1, -0.05) is 11.6 Å². The van der Waals surface area contributed by atoms with E-state index in [1.165, 1.54) is 4.68 Å². The van der Waals surface area contributed by atoms with Gasteiger partial charge in [-0.05, 0) is 19.1 Å². The van der Waals surface area contributed by atoms with E-state index >= 15 is 0 Å². The quantitative estimate of drug-likeness (QED) is 0.906. The Morgan fingerprint density at radius 3 is 2.94 bits per heavy atom. The molecule has 88 valence electrons. The van der Waals surface area contributed by atoms with Gasteiger partial charge >= 0.3 is 5.97 Å². The average molecular weight is 252 g/mol. The van der Waals surface area contributed by atoms with E-state index < -0.39 is 5.97 Å². The third kappa shape index (κ3) is 2.29. The molecule has 0 saturated carbocycles. The maximum Gasteiger partial charge on any atom is 0.325 e. The van der Waals surface area contributed by atoms with E-state index in [0.29, 0.717) is 16.4 Å². The standard InChI is InChI=1S/C11H10ClN3O2/c1-7-10(12)11(8-3-2-4-13-5-8)14-15(7)6-9(16)17/h2-5H,6H2,1H3,(H,16,17). The molecule has 0 amide bonds. The van der Waals surface area contributed by atoms with E-state index in [1.54, 1.807) is 25.4 Å². The largest absolute Gasteiger partial charge is 0.480 e. The van der Waals surface area contributed by atoms with E-state index in [4.69, 9.17) is 16.7 Å². The lowest BCUT2D eigenvalue weighted by Gasteiger charge is -1.98. The van der Waals surface area contributed by atoms with Gasteiger partial charge < -0.3 is 5.11 Å². The number of hydrogen-bond donors (Lipinski definition) is 1. The van der Waals surface area contributed by atoms with Gasteiger partial charge in [0.05, 0.1) is 10.7 Å². The third-order valence-electron chi connectivity index (χ3n) is 2.35. The zero-order valence-electron chi connectivity index (χ0n) is 9.09. The first kappa shape index (κ1) is 11.6. The summed E-state index contributed by atoms with van der Waals surface area (Å²) in [4.78, 5) is 14.6. The summed E-state index contributed by atoms with van der Waals surface area (Å²) >= 11 is 6.13. The van der Waals surface area contributed by atoms with E-state index in [-0.39, 0.29) is 6.54 Å². The molecule has 1 N–H and O–H groups in total. The summed E-state index contributed by atoms with van der Waals surface area (Å²) in [5.74, 6) is -0.954. The molecular formula is C11H10ClN3O2. The summed E-state index contributed by atoms with van der Waals surface area (Å²) in [5, 5.41) is 13.4. The van der Waals surface area contributed by atoms with Gasteiger partial charge in [0.2, 0.25) is 0 Å². The fourth-order valence-corrected chi connectivity index (χ4v) is 1.74. The van der Waals surface area contributed by atoms with Gasteiger partial charge in [-0.3, -0.25) is 14.5 Å². The molecule has 5 nitrogen and oxygen atoms in total. The minimum atomic E-state index is -0.954. The smallest absolute Gasteiger partial charge is 0.325 e. The van der Waals surface area contributed by atoms with Crippen molar-refractivity contribution in [1.29, 1.82) is 0 Å². The summed E-state index contributed by atoms with van der Waals surface area (Å²) in [6.45, 7) is 1.53. The van der Waals surface area contributed by atoms with Gasteiger partial charge in [0.15, 0.2) is 0 Å². The Morgan fingerprint density at radius 1 is 1.59 bits per heavy atom. The molecule has 17 heavy (non-hydrogen) atoms. The lowest BCUT2D eigenvalue weighted by atomic mass is 10.2. The number of carboxylic acids is 1. The van der Waals surface area contributed by atoms with Crippen LogP contribution in [0.2, 0.25) is 5.02 Å². The number of carbonyl (C=O) groups is 1. The van der Waals surface area contributed by atoms with Crippen LogP contribution in [0, 0.1) is 6.92 Å². The van der Waals surface area contributed by atoms with Crippen LogP contribution in [0.5, 0.6) is 0 Å². The van der Waals surface area contributed by atoms with Crippen molar-refractivity contribution < 1.29 is 9.90 Å². The molecule has 0 radical (unpaired) electrons. The fourth-order valence-electron chi connectivity index (χ4n) is 1.49. The van der Waals surface area contributed by atoms with Crippen LogP contribution in [-0.2, 0) is 11.3 Å². The van der Waals surface area contributed by atoms with E-state index in [0.717, 1.165) is 5.56 Å². The fraction of sp³-hybridized carbons (Fsp3) is 0.182. The van der Waals surface area contributed by atoms with Crippen molar-refractivity contribution in [3.63, 3.8) is 0 Å². The minimum Gasteiger partial charge on any atom is -0.480 e. The van der Waals surface area contributed by atoms with Crippen LogP contribution in [0.15, 0.2) is 24.5 Å². The number of aliphatic carboxylic acids is 1. The number of aromatic nitrogens is 3. The van der Waals surface area contributed by atoms with Crippen molar-refractivity contribution in [1.82, 2.24) is 14.8 Å². The van der Waals surface area contributed by atoms with E-state index in [2.05, 4.69) is 10.1 Å². The highest BCUT2D eigenvalue weighted by molar-refractivity contribution is 6.33. The molecule has 2 rings (SSSR count). The zero-order valence-corrected chi connectivity index (χ0v) is 9.85. The highest BCUT2D eigenvalue weighted by Crippen LogP contribution is 2.28. The predicted octanol–water partition coefficient (Wildman–Crippen LogP) is 1.99. The maximum atomic E-state index is 10.7. The highest BCUT2D eigenvalue weighted by Gasteiger charge is 2.15. The summed E-state index contributed by atoms with van der Waals surface area (Å²) < 4.78 is 1.37. The molecule has 0 aromatic carbocycles. The molecule has 0 aliphatic carbocycles. The number of rotatable bonds is 3. The molecule has 2 aromatic heterocycles. The van der Waals surface area contributed by atoms with Crippen LogP contribution in [0.3, 0.4) is 0 Å². The van der Waals surface area contributed by atoms with Gasteiger partial charge in [-0.2, -0.15) is 5.10 Å². The Labute approximate surface area is 103 Å². The summed E-state index contributed by atoms with van der Waals surface area (Å²) in [5.41, 5.74) is 1.95. The number of carboxylic acid groups (broad SMARTS) is 1. The first-order valence-electron chi connectivity index (χ1n) is 4.94. The van der Waals surface area contributed by atoms with Crippen molar-refractivity contribution in [2.24, 2.45) is 0 Å². The third-order valence-corrected chi connectivity index (χ3v) is 2.81. The number of hydrogen-bond acceptors (Lipinski definition) is 3. The van der Waals surface area contributed by atoms with Crippen molar-refractivity contribution >= 4 is 17.6 Å². The van der Waals surface area contributed by atoms with Gasteiger partial charge in [0, 0.05) is 18.0 Å². The Bertz CT molecular complexity index is 551. The van der Waals surface area contributed by atoms with Gasteiger partial charge in [-0.25, -0.2) is 0 Å². The van der Waals surface area contributed by atoms with Crippen molar-refractivity contribution in [2.45, 2.75) is 13.5 Å². The molecule has 0 aliphatic rings. The Kier molecular flexibility index (Phi) is 3.10. The molecule has 0 bridgehead atoms. The minimum absolute atomic E-state index is 0.203. The Morgan fingerprint density at radius 2 is 2.35 bits per heavy atom. The first-order valence-corrected chi connectivity index (χ1v) is 5.32. The normalized spacial score (nSPS) is 10.5. The van der Waals surface area contributed by atoms with Crippen LogP contribution in [0.4, 0.5) is 0 Å². The lowest BCUT2D eigenvalue weighted by Crippen LogP contribution is -2.11. The first-order chi connectivity index (χ1) is 8.09. The molecule has 2 aromatic rings. The van der Waals surface area contributed by atoms with Crippen LogP contribution < -0.4 is 0 Å². The highest BCUT2D eigenvalue weighted by atomic mass is 35.5. The number of pyridine rings is 1. The average Bonchev–Trinajstić information content (AvgIpc) is 2.58. The second-order valence-corrected chi connectivity index (χ2v) is 3.92. The molecule has 0 saturated heterocycles. The van der Waals surface area contributed by atoms with Crippen molar-refractivity contribution in [3.8, 4) is 11.3 Å². The molecule has 0 atom stereocenters. The van der Waals surface area contributed by atoms with Gasteiger partial charge in [-0.15, -0.1) is 0 Å². The van der Waals surface area contributed by atoms with Crippen molar-refractivity contribution in [3.05, 3.63) is 35.2 Å². The monoisotopic (exact) mass is 251 g/mol. The second kappa shape index (κ2) is 4.55. The van der Waals surface area contributed by atoms with Gasteiger partial charge in [0.1, 0.15) is 12.2 Å². The summed E-state index contributed by atoms with van der Waals surface area (Å²) in [6.07, 6.45) is 3.29. The van der Waals surface area contributed by atoms with Crippen LogP contribution >= 0.6 is 11.6 Å². The second-order valence-electron chi connectivity index (χ2n) is 3.54.